The van der Waals surface area contributed by atoms with Gasteiger partial charge in [-0.05, 0) is 50.8 Å². The van der Waals surface area contributed by atoms with Crippen molar-refractivity contribution in [3.8, 4) is 17.0 Å². The molecule has 1 unspecified atom stereocenters. The summed E-state index contributed by atoms with van der Waals surface area (Å²) in [5.74, 6) is 0.475. The molecule has 0 N–H and O–H groups in total. The van der Waals surface area contributed by atoms with Gasteiger partial charge in [0, 0.05) is 49.6 Å². The predicted octanol–water partition coefficient (Wildman–Crippen LogP) is 4.56. The van der Waals surface area contributed by atoms with Crippen LogP contribution in [0.4, 0.5) is 0 Å². The number of benzene rings is 1. The van der Waals surface area contributed by atoms with E-state index in [0.717, 1.165) is 35.2 Å². The van der Waals surface area contributed by atoms with E-state index >= 15 is 0 Å². The average Bonchev–Trinajstić information content (AvgIpc) is 2.70. The van der Waals surface area contributed by atoms with Gasteiger partial charge in [-0.25, -0.2) is 4.79 Å². The molecule has 2 aromatic rings. The van der Waals surface area contributed by atoms with Crippen LogP contribution in [0.15, 0.2) is 29.2 Å². The number of carbonyl (C=O) groups is 1. The van der Waals surface area contributed by atoms with E-state index in [1.807, 2.05) is 39.1 Å². The molecular weight excluding hydrogens is 394 g/mol. The van der Waals surface area contributed by atoms with E-state index in [0.29, 0.717) is 30.4 Å². The number of rotatable bonds is 8. The van der Waals surface area contributed by atoms with Crippen LogP contribution in [-0.4, -0.2) is 37.0 Å². The van der Waals surface area contributed by atoms with Gasteiger partial charge in [0.1, 0.15) is 11.3 Å². The summed E-state index contributed by atoms with van der Waals surface area (Å²) in [5.41, 5.74) is 3.88. The van der Waals surface area contributed by atoms with Crippen molar-refractivity contribution in [3.05, 3.63) is 51.3 Å². The fourth-order valence-corrected chi connectivity index (χ4v) is 4.00. The van der Waals surface area contributed by atoms with Gasteiger partial charge in [-0.3, -0.25) is 4.79 Å². The molecule has 6 heteroatoms. The molecule has 1 aromatic heterocycles. The summed E-state index contributed by atoms with van der Waals surface area (Å²) in [7, 11) is 1.65. The Hall–Kier alpha value is -2.60. The molecule has 6 nitrogen and oxygen atoms in total. The van der Waals surface area contributed by atoms with Gasteiger partial charge in [0.15, 0.2) is 5.43 Å². The number of hydrogen-bond acceptors (Lipinski definition) is 5. The summed E-state index contributed by atoms with van der Waals surface area (Å²) in [6.45, 7) is 10.9. The summed E-state index contributed by atoms with van der Waals surface area (Å²) >= 11 is 0. The molecule has 0 aliphatic carbocycles. The Morgan fingerprint density at radius 1 is 1.16 bits per heavy atom. The molecule has 1 aliphatic heterocycles. The average molecular weight is 428 g/mol. The lowest BCUT2D eigenvalue weighted by molar-refractivity contribution is 0.0373. The van der Waals surface area contributed by atoms with Crippen molar-refractivity contribution >= 4 is 5.97 Å². The van der Waals surface area contributed by atoms with Gasteiger partial charge in [0.2, 0.25) is 0 Å². The molecule has 2 heterocycles. The Morgan fingerprint density at radius 2 is 1.90 bits per heavy atom. The van der Waals surface area contributed by atoms with Crippen molar-refractivity contribution in [1.82, 2.24) is 4.57 Å². The number of nitrogens with zero attached hydrogens (tertiary/aromatic N) is 1. The van der Waals surface area contributed by atoms with Crippen molar-refractivity contribution in [2.75, 3.05) is 20.3 Å². The smallest absolute Gasteiger partial charge is 0.342 e. The molecular formula is C25H33NO5. The highest BCUT2D eigenvalue weighted by Crippen LogP contribution is 2.40. The Bertz CT molecular complexity index is 1010. The second kappa shape index (κ2) is 9.69. The van der Waals surface area contributed by atoms with E-state index in [-0.39, 0.29) is 17.6 Å². The maximum absolute atomic E-state index is 12.9. The third kappa shape index (κ3) is 5.01. The van der Waals surface area contributed by atoms with E-state index in [2.05, 4.69) is 18.4 Å². The zero-order chi connectivity index (χ0) is 22.7. The number of pyridine rings is 1. The second-order valence-corrected chi connectivity index (χ2v) is 8.78. The maximum atomic E-state index is 12.9. The molecule has 0 radical (unpaired) electrons. The molecule has 1 aromatic carbocycles. The minimum Gasteiger partial charge on any atom is -0.493 e. The fraction of sp³-hybridized carbons (Fsp3) is 0.520. The first kappa shape index (κ1) is 23.1. The molecule has 0 fully saturated rings. The van der Waals surface area contributed by atoms with Gasteiger partial charge in [0.25, 0.3) is 0 Å². The highest BCUT2D eigenvalue weighted by Gasteiger charge is 2.29. The van der Waals surface area contributed by atoms with Crippen molar-refractivity contribution in [2.24, 2.45) is 5.92 Å². The Balaban J connectivity index is 2.13. The number of methoxy groups -OCH3 is 1. The number of aromatic nitrogens is 1. The van der Waals surface area contributed by atoms with Crippen LogP contribution in [0.5, 0.6) is 5.75 Å². The molecule has 31 heavy (non-hydrogen) atoms. The van der Waals surface area contributed by atoms with Gasteiger partial charge < -0.3 is 18.8 Å². The van der Waals surface area contributed by atoms with Crippen molar-refractivity contribution in [1.29, 1.82) is 0 Å². The summed E-state index contributed by atoms with van der Waals surface area (Å²) in [6, 6.07) is 5.67. The molecule has 1 atom stereocenters. The van der Waals surface area contributed by atoms with E-state index in [1.165, 1.54) is 0 Å². The zero-order valence-electron chi connectivity index (χ0n) is 19.4. The van der Waals surface area contributed by atoms with Crippen LogP contribution in [0.3, 0.4) is 0 Å². The molecule has 0 spiro atoms. The van der Waals surface area contributed by atoms with E-state index < -0.39 is 5.97 Å². The topological polar surface area (TPSA) is 66.8 Å². The number of aryl methyl sites for hydroxylation is 1. The standard InChI is InChI=1S/C25H33NO5/c1-15(2)21-10-18-11-24(30-9-7-8-29-6)20(25(28)31-16(3)4)12-19(18)22-13-23(27)17(5)14-26(21)22/h11-16,21H,7-10H2,1-6H3. The van der Waals surface area contributed by atoms with E-state index in [1.54, 1.807) is 13.2 Å². The Morgan fingerprint density at radius 3 is 2.55 bits per heavy atom. The molecule has 168 valence electrons. The largest absolute Gasteiger partial charge is 0.493 e. The molecule has 0 amide bonds. The number of ether oxygens (including phenoxy) is 3. The zero-order valence-corrected chi connectivity index (χ0v) is 19.4. The monoisotopic (exact) mass is 427 g/mol. The SMILES string of the molecule is COCCCOc1cc2c(cc1C(=O)OC(C)C)-c1cc(=O)c(C)cn1C(C(C)C)C2. The van der Waals surface area contributed by atoms with Crippen molar-refractivity contribution < 1.29 is 19.0 Å². The van der Waals surface area contributed by atoms with Crippen LogP contribution in [0, 0.1) is 12.8 Å². The first-order valence-corrected chi connectivity index (χ1v) is 11.0. The molecule has 0 bridgehead atoms. The van der Waals surface area contributed by atoms with Crippen molar-refractivity contribution in [2.45, 2.75) is 59.6 Å². The summed E-state index contributed by atoms with van der Waals surface area (Å²) in [6.07, 6.45) is 3.22. The van der Waals surface area contributed by atoms with Crippen LogP contribution in [0.1, 0.15) is 61.6 Å². The normalized spacial score (nSPS) is 15.0. The lowest BCUT2D eigenvalue weighted by Gasteiger charge is -2.34. The summed E-state index contributed by atoms with van der Waals surface area (Å²) in [4.78, 5) is 25.3. The number of esters is 1. The molecule has 0 saturated carbocycles. The number of hydrogen-bond donors (Lipinski definition) is 0. The van der Waals surface area contributed by atoms with Gasteiger partial charge in [-0.1, -0.05) is 13.8 Å². The van der Waals surface area contributed by atoms with Gasteiger partial charge in [0.05, 0.1) is 18.4 Å². The first-order chi connectivity index (χ1) is 14.7. The third-order valence-corrected chi connectivity index (χ3v) is 5.62. The van der Waals surface area contributed by atoms with Gasteiger partial charge in [-0.15, -0.1) is 0 Å². The van der Waals surface area contributed by atoms with Crippen LogP contribution in [0.2, 0.25) is 0 Å². The first-order valence-electron chi connectivity index (χ1n) is 11.0. The third-order valence-electron chi connectivity index (χ3n) is 5.62. The molecule has 3 rings (SSSR count). The maximum Gasteiger partial charge on any atom is 0.342 e. The van der Waals surface area contributed by atoms with Crippen molar-refractivity contribution in [3.63, 3.8) is 0 Å². The molecule has 0 saturated heterocycles. The van der Waals surface area contributed by atoms with Crippen LogP contribution in [-0.2, 0) is 15.9 Å². The van der Waals surface area contributed by atoms with Crippen LogP contribution < -0.4 is 10.2 Å². The summed E-state index contributed by atoms with van der Waals surface area (Å²) < 4.78 is 18.7. The number of carbonyl (C=O) groups excluding carboxylic acids is 1. The number of fused-ring (bicyclic) bond motifs is 3. The minimum atomic E-state index is -0.425. The lowest BCUT2D eigenvalue weighted by Crippen LogP contribution is -2.27. The predicted molar refractivity (Wildman–Crippen MR) is 121 cm³/mol. The summed E-state index contributed by atoms with van der Waals surface area (Å²) in [5, 5.41) is 0. The Kier molecular flexibility index (Phi) is 7.21. The van der Waals surface area contributed by atoms with Crippen LogP contribution in [0.25, 0.3) is 11.3 Å². The lowest BCUT2D eigenvalue weighted by atomic mass is 9.86. The quantitative estimate of drug-likeness (QED) is 0.456. The van der Waals surface area contributed by atoms with Gasteiger partial charge >= 0.3 is 5.97 Å². The minimum absolute atomic E-state index is 0.00666. The Labute approximate surface area is 184 Å². The highest BCUT2D eigenvalue weighted by molar-refractivity contribution is 5.95. The second-order valence-electron chi connectivity index (χ2n) is 8.78. The van der Waals surface area contributed by atoms with E-state index in [9.17, 15) is 9.59 Å². The highest BCUT2D eigenvalue weighted by atomic mass is 16.5. The molecule has 1 aliphatic rings. The fourth-order valence-electron chi connectivity index (χ4n) is 4.00. The van der Waals surface area contributed by atoms with Crippen LogP contribution >= 0.6 is 0 Å². The van der Waals surface area contributed by atoms with E-state index in [4.69, 9.17) is 14.2 Å². The van der Waals surface area contributed by atoms with Gasteiger partial charge in [-0.2, -0.15) is 0 Å².